The number of hydrogen-bond acceptors (Lipinski definition) is 5. The molecule has 0 saturated heterocycles. The van der Waals surface area contributed by atoms with Gasteiger partial charge in [-0.25, -0.2) is 4.57 Å². The van der Waals surface area contributed by atoms with Crippen LogP contribution in [0.1, 0.15) is 309 Å². The maximum absolute atomic E-state index is 13.0. The molecule has 0 aliphatic heterocycles. The number of phosphoric acid groups is 1. The molecule has 0 spiro atoms. The lowest BCUT2D eigenvalue weighted by atomic mass is 10.0. The number of phosphoric ester groups is 1. The number of quaternary nitrogens is 1. The average Bonchev–Trinajstić information content (AvgIpc) is 3.34. The molecule has 0 bridgehead atoms. The van der Waals surface area contributed by atoms with Crippen molar-refractivity contribution in [2.45, 2.75) is 321 Å². The summed E-state index contributed by atoms with van der Waals surface area (Å²) < 4.78 is 23.8. The molecule has 72 heavy (non-hydrogen) atoms. The van der Waals surface area contributed by atoms with Gasteiger partial charge in [-0.1, -0.05) is 288 Å². The van der Waals surface area contributed by atoms with Crippen LogP contribution in [-0.4, -0.2) is 73.4 Å². The zero-order chi connectivity index (χ0) is 52.7. The molecule has 0 rings (SSSR count). The number of nitrogens with one attached hydrogen (secondary N) is 1. The highest BCUT2D eigenvalue weighted by Crippen LogP contribution is 2.43. The fourth-order valence-electron chi connectivity index (χ4n) is 9.43. The van der Waals surface area contributed by atoms with Crippen LogP contribution in [-0.2, 0) is 18.4 Å². The summed E-state index contributed by atoms with van der Waals surface area (Å²) in [6.07, 6.45) is 71.1. The normalized spacial score (nSPS) is 14.0. The van der Waals surface area contributed by atoms with E-state index in [4.69, 9.17) is 9.05 Å². The second kappa shape index (κ2) is 54.5. The first kappa shape index (κ1) is 70.7. The first-order chi connectivity index (χ1) is 35.0. The van der Waals surface area contributed by atoms with E-state index in [0.717, 1.165) is 44.9 Å². The van der Waals surface area contributed by atoms with Gasteiger partial charge in [-0.3, -0.25) is 13.8 Å². The molecule has 3 N–H and O–H groups in total. The van der Waals surface area contributed by atoms with Crippen molar-refractivity contribution in [1.82, 2.24) is 5.32 Å². The summed E-state index contributed by atoms with van der Waals surface area (Å²) in [4.78, 5) is 23.4. The van der Waals surface area contributed by atoms with Crippen molar-refractivity contribution in [3.05, 3.63) is 36.5 Å². The quantitative estimate of drug-likeness (QED) is 0.0243. The van der Waals surface area contributed by atoms with Gasteiger partial charge >= 0.3 is 7.82 Å². The molecule has 0 saturated carbocycles. The molecular weight excluding hydrogens is 912 g/mol. The summed E-state index contributed by atoms with van der Waals surface area (Å²) in [5, 5.41) is 14.0. The Morgan fingerprint density at radius 3 is 1.14 bits per heavy atom. The number of amides is 1. The van der Waals surface area contributed by atoms with E-state index in [1.165, 1.54) is 244 Å². The van der Waals surface area contributed by atoms with Crippen molar-refractivity contribution >= 4 is 13.7 Å². The van der Waals surface area contributed by atoms with Gasteiger partial charge in [0, 0.05) is 6.42 Å². The van der Waals surface area contributed by atoms with E-state index >= 15 is 0 Å². The van der Waals surface area contributed by atoms with Crippen molar-refractivity contribution in [3.8, 4) is 0 Å². The Bertz CT molecular complexity index is 1270. The number of carbonyl (C=O) groups excluding carboxylic acids is 1. The number of unbranched alkanes of at least 4 members (excludes halogenated alkanes) is 41. The molecule has 9 heteroatoms. The second-order valence-corrected chi connectivity index (χ2v) is 24.2. The van der Waals surface area contributed by atoms with Gasteiger partial charge in [-0.2, -0.15) is 0 Å². The first-order valence-electron chi connectivity index (χ1n) is 31.4. The molecule has 3 unspecified atom stereocenters. The van der Waals surface area contributed by atoms with Crippen LogP contribution in [0.5, 0.6) is 0 Å². The van der Waals surface area contributed by atoms with Crippen LogP contribution in [0.3, 0.4) is 0 Å². The van der Waals surface area contributed by atoms with Gasteiger partial charge in [0.15, 0.2) is 0 Å². The highest BCUT2D eigenvalue weighted by Gasteiger charge is 2.27. The predicted molar refractivity (Wildman–Crippen MR) is 314 cm³/mol. The maximum atomic E-state index is 13.0. The average molecular weight is 1040 g/mol. The topological polar surface area (TPSA) is 105 Å². The van der Waals surface area contributed by atoms with Crippen LogP contribution in [0, 0.1) is 0 Å². The molecule has 0 aromatic rings. The third-order valence-electron chi connectivity index (χ3n) is 14.4. The van der Waals surface area contributed by atoms with E-state index in [-0.39, 0.29) is 19.1 Å². The minimum Gasteiger partial charge on any atom is -0.387 e. The molecule has 0 fully saturated rings. The largest absolute Gasteiger partial charge is 0.472 e. The van der Waals surface area contributed by atoms with Gasteiger partial charge in [0.05, 0.1) is 39.9 Å². The molecule has 0 aromatic heterocycles. The van der Waals surface area contributed by atoms with E-state index < -0.39 is 20.0 Å². The standard InChI is InChI=1S/C63H123N2O6P/c1-6-8-10-12-14-16-18-20-22-24-26-28-30-31-32-33-35-36-38-40-42-44-46-48-50-52-54-56-62(66)61(60-71-72(68,69)70-59-58-65(3,4)5)64-63(67)57-55-53-51-49-47-45-43-41-39-37-34-29-27-25-23-21-19-17-15-13-11-9-7-2/h19,21,25,27,54,56,61-62,66H,6-18,20,22-24,26,28-53,55,57-60H2,1-5H3,(H-,64,67,68,69)/p+1/b21-19-,27-25-,56-54+. The Morgan fingerprint density at radius 2 is 0.792 bits per heavy atom. The summed E-state index contributed by atoms with van der Waals surface area (Å²) in [5.74, 6) is -0.175. The number of aliphatic hydroxyl groups excluding tert-OH is 1. The second-order valence-electron chi connectivity index (χ2n) is 22.8. The van der Waals surface area contributed by atoms with Crippen LogP contribution >= 0.6 is 7.82 Å². The molecule has 0 aromatic carbocycles. The van der Waals surface area contributed by atoms with Crippen molar-refractivity contribution in [1.29, 1.82) is 0 Å². The molecule has 1 amide bonds. The highest BCUT2D eigenvalue weighted by atomic mass is 31.2. The van der Waals surface area contributed by atoms with Gasteiger partial charge in [0.1, 0.15) is 13.2 Å². The molecule has 426 valence electrons. The molecule has 0 radical (unpaired) electrons. The molecule has 0 heterocycles. The summed E-state index contributed by atoms with van der Waals surface area (Å²) in [6, 6.07) is -0.848. The predicted octanol–water partition coefficient (Wildman–Crippen LogP) is 19.3. The summed E-state index contributed by atoms with van der Waals surface area (Å²) in [6.45, 7) is 4.85. The van der Waals surface area contributed by atoms with Gasteiger partial charge in [-0.05, 0) is 51.4 Å². The Kier molecular flexibility index (Phi) is 53.5. The Hall–Kier alpha value is -1.28. The van der Waals surface area contributed by atoms with Crippen molar-refractivity contribution in [3.63, 3.8) is 0 Å². The van der Waals surface area contributed by atoms with E-state index in [1.54, 1.807) is 6.08 Å². The minimum absolute atomic E-state index is 0.0619. The van der Waals surface area contributed by atoms with Gasteiger partial charge in [-0.15, -0.1) is 0 Å². The van der Waals surface area contributed by atoms with Gasteiger partial charge < -0.3 is 19.8 Å². The zero-order valence-corrected chi connectivity index (χ0v) is 49.6. The third-order valence-corrected chi connectivity index (χ3v) is 15.3. The Balaban J connectivity index is 4.15. The number of hydrogen-bond donors (Lipinski definition) is 3. The van der Waals surface area contributed by atoms with E-state index in [1.807, 2.05) is 27.2 Å². The summed E-state index contributed by atoms with van der Waals surface area (Å²) >= 11 is 0. The summed E-state index contributed by atoms with van der Waals surface area (Å²) in [5.41, 5.74) is 0. The molecule has 8 nitrogen and oxygen atoms in total. The highest BCUT2D eigenvalue weighted by molar-refractivity contribution is 7.47. The number of rotatable bonds is 58. The number of allylic oxidation sites excluding steroid dienone is 5. The van der Waals surface area contributed by atoms with Crippen LogP contribution in [0.15, 0.2) is 36.5 Å². The fraction of sp³-hybridized carbons (Fsp3) is 0.889. The number of carbonyl (C=O) groups is 1. The molecular formula is C63H124N2O6P+. The van der Waals surface area contributed by atoms with Crippen molar-refractivity contribution in [2.24, 2.45) is 0 Å². The van der Waals surface area contributed by atoms with Crippen LogP contribution in [0.25, 0.3) is 0 Å². The Morgan fingerprint density at radius 1 is 0.472 bits per heavy atom. The minimum atomic E-state index is -4.35. The maximum Gasteiger partial charge on any atom is 0.472 e. The van der Waals surface area contributed by atoms with Crippen molar-refractivity contribution in [2.75, 3.05) is 40.9 Å². The number of likely N-dealkylation sites (N-methyl/N-ethyl adjacent to an activating group) is 1. The fourth-order valence-corrected chi connectivity index (χ4v) is 10.2. The van der Waals surface area contributed by atoms with E-state index in [9.17, 15) is 19.4 Å². The lowest BCUT2D eigenvalue weighted by molar-refractivity contribution is -0.870. The van der Waals surface area contributed by atoms with Gasteiger partial charge in [0.25, 0.3) is 0 Å². The zero-order valence-electron chi connectivity index (χ0n) is 48.7. The molecule has 0 aliphatic carbocycles. The summed E-state index contributed by atoms with van der Waals surface area (Å²) in [7, 11) is 1.58. The first-order valence-corrected chi connectivity index (χ1v) is 32.9. The lowest BCUT2D eigenvalue weighted by Crippen LogP contribution is -2.45. The third kappa shape index (κ3) is 56.4. The van der Waals surface area contributed by atoms with Crippen LogP contribution in [0.2, 0.25) is 0 Å². The van der Waals surface area contributed by atoms with E-state index in [0.29, 0.717) is 17.4 Å². The smallest absolute Gasteiger partial charge is 0.387 e. The SMILES string of the molecule is CCCCCCC/C=C\C/C=C\CCCCCCCCCCCCCC(=O)NC(COP(=O)(O)OCC[N+](C)(C)C)C(O)/C=C/CCCCCCCCCCCCCCCCCCCCCCCCCCC. The van der Waals surface area contributed by atoms with Gasteiger partial charge in [0.2, 0.25) is 5.91 Å². The van der Waals surface area contributed by atoms with Crippen molar-refractivity contribution < 1.29 is 32.9 Å². The molecule has 3 atom stereocenters. The lowest BCUT2D eigenvalue weighted by Gasteiger charge is -2.25. The number of aliphatic hydroxyl groups is 1. The molecule has 0 aliphatic rings. The van der Waals surface area contributed by atoms with E-state index in [2.05, 4.69) is 43.5 Å². The van der Waals surface area contributed by atoms with Crippen LogP contribution < -0.4 is 5.32 Å². The van der Waals surface area contributed by atoms with Crippen LogP contribution in [0.4, 0.5) is 0 Å². The Labute approximate surface area is 448 Å². The number of nitrogens with zero attached hydrogens (tertiary/aromatic N) is 1. The monoisotopic (exact) mass is 1040 g/mol.